The van der Waals surface area contributed by atoms with Crippen molar-refractivity contribution < 1.29 is 4.74 Å². The lowest BCUT2D eigenvalue weighted by atomic mass is 10.0. The van der Waals surface area contributed by atoms with E-state index in [0.717, 1.165) is 19.8 Å². The fourth-order valence-corrected chi connectivity index (χ4v) is 2.27. The lowest BCUT2D eigenvalue weighted by Crippen LogP contribution is -2.40. The van der Waals surface area contributed by atoms with Crippen molar-refractivity contribution in [3.63, 3.8) is 0 Å². The van der Waals surface area contributed by atoms with Crippen molar-refractivity contribution in [3.8, 4) is 0 Å². The van der Waals surface area contributed by atoms with Gasteiger partial charge in [-0.3, -0.25) is 0 Å². The van der Waals surface area contributed by atoms with Gasteiger partial charge in [-0.05, 0) is 20.4 Å². The molecule has 0 saturated carbocycles. The molecule has 0 bridgehead atoms. The van der Waals surface area contributed by atoms with Gasteiger partial charge in [0.15, 0.2) is 0 Å². The highest BCUT2D eigenvalue weighted by atomic mass is 16.5. The summed E-state index contributed by atoms with van der Waals surface area (Å²) >= 11 is 0. The molecule has 1 rings (SSSR count). The average Bonchev–Trinajstić information content (AvgIpc) is 2.74. The minimum atomic E-state index is 0.537. The van der Waals surface area contributed by atoms with Gasteiger partial charge in [-0.25, -0.2) is 0 Å². The van der Waals surface area contributed by atoms with Gasteiger partial charge < -0.3 is 15.4 Å². The Morgan fingerprint density at radius 2 is 2.12 bits per heavy atom. The monoisotopic (exact) mass is 228 g/mol. The molecule has 1 heterocycles. The molecule has 3 atom stereocenters. The Kier molecular flexibility index (Phi) is 7.01. The fourth-order valence-electron chi connectivity index (χ4n) is 2.27. The van der Waals surface area contributed by atoms with Crippen molar-refractivity contribution in [2.75, 3.05) is 26.8 Å². The van der Waals surface area contributed by atoms with Gasteiger partial charge >= 0.3 is 0 Å². The topological polar surface area (TPSA) is 33.3 Å². The van der Waals surface area contributed by atoms with Crippen LogP contribution in [0.5, 0.6) is 0 Å². The van der Waals surface area contributed by atoms with Crippen molar-refractivity contribution in [2.24, 2.45) is 5.92 Å². The first-order valence-electron chi connectivity index (χ1n) is 6.76. The largest absolute Gasteiger partial charge is 0.379 e. The molecule has 0 spiro atoms. The van der Waals surface area contributed by atoms with Crippen molar-refractivity contribution in [3.05, 3.63) is 0 Å². The number of nitrogens with one attached hydrogen (secondary N) is 2. The summed E-state index contributed by atoms with van der Waals surface area (Å²) in [7, 11) is 2.02. The maximum absolute atomic E-state index is 5.49. The summed E-state index contributed by atoms with van der Waals surface area (Å²) in [5.74, 6) is 0.638. The molecule has 1 aliphatic rings. The zero-order chi connectivity index (χ0) is 11.8. The van der Waals surface area contributed by atoms with Crippen LogP contribution in [0, 0.1) is 5.92 Å². The van der Waals surface area contributed by atoms with Crippen LogP contribution in [0.2, 0.25) is 0 Å². The van der Waals surface area contributed by atoms with Crippen LogP contribution < -0.4 is 10.6 Å². The molecule has 0 radical (unpaired) electrons. The zero-order valence-corrected chi connectivity index (χ0v) is 11.1. The van der Waals surface area contributed by atoms with E-state index in [-0.39, 0.29) is 0 Å². The third-order valence-corrected chi connectivity index (χ3v) is 3.54. The molecule has 3 heteroatoms. The van der Waals surface area contributed by atoms with Crippen molar-refractivity contribution in [2.45, 2.75) is 51.6 Å². The van der Waals surface area contributed by atoms with E-state index in [1.165, 1.54) is 25.7 Å². The van der Waals surface area contributed by atoms with Gasteiger partial charge in [0.05, 0.1) is 13.2 Å². The van der Waals surface area contributed by atoms with E-state index < -0.39 is 0 Å². The second-order valence-electron chi connectivity index (χ2n) is 5.00. The van der Waals surface area contributed by atoms with Crippen molar-refractivity contribution in [1.82, 2.24) is 10.6 Å². The number of ether oxygens (including phenoxy) is 1. The average molecular weight is 228 g/mol. The summed E-state index contributed by atoms with van der Waals surface area (Å²) in [6.07, 6.45) is 5.32. The smallest absolute Gasteiger partial charge is 0.0623 e. The van der Waals surface area contributed by atoms with Crippen LogP contribution in [-0.2, 0) is 4.74 Å². The highest BCUT2D eigenvalue weighted by Crippen LogP contribution is 2.13. The molecule has 0 aliphatic carbocycles. The summed E-state index contributed by atoms with van der Waals surface area (Å²) in [5.41, 5.74) is 0. The van der Waals surface area contributed by atoms with Crippen LogP contribution in [0.3, 0.4) is 0 Å². The Balaban J connectivity index is 2.08. The van der Waals surface area contributed by atoms with E-state index in [4.69, 9.17) is 4.74 Å². The molecule has 2 N–H and O–H groups in total. The third-order valence-electron chi connectivity index (χ3n) is 3.54. The standard InChI is InChI=1S/C13H28N2O/c1-4-5-6-7-11(2)15-8-12-9-16-10-13(12)14-3/h11-15H,4-10H2,1-3H3. The van der Waals surface area contributed by atoms with Crippen molar-refractivity contribution in [1.29, 1.82) is 0 Å². The minimum Gasteiger partial charge on any atom is -0.379 e. The molecule has 0 amide bonds. The van der Waals surface area contributed by atoms with Gasteiger partial charge in [0, 0.05) is 24.5 Å². The Bertz CT molecular complexity index is 175. The van der Waals surface area contributed by atoms with E-state index in [1.54, 1.807) is 0 Å². The second-order valence-corrected chi connectivity index (χ2v) is 5.00. The summed E-state index contributed by atoms with van der Waals surface area (Å²) < 4.78 is 5.49. The van der Waals surface area contributed by atoms with E-state index in [0.29, 0.717) is 18.0 Å². The van der Waals surface area contributed by atoms with E-state index in [9.17, 15) is 0 Å². The van der Waals surface area contributed by atoms with Crippen LogP contribution in [0.25, 0.3) is 0 Å². The number of hydrogen-bond acceptors (Lipinski definition) is 3. The van der Waals surface area contributed by atoms with Crippen LogP contribution in [0.15, 0.2) is 0 Å². The van der Waals surface area contributed by atoms with E-state index in [2.05, 4.69) is 24.5 Å². The molecular formula is C13H28N2O. The quantitative estimate of drug-likeness (QED) is 0.621. The molecular weight excluding hydrogens is 200 g/mol. The highest BCUT2D eigenvalue weighted by molar-refractivity contribution is 4.82. The van der Waals surface area contributed by atoms with Gasteiger partial charge in [-0.2, -0.15) is 0 Å². The maximum Gasteiger partial charge on any atom is 0.0623 e. The maximum atomic E-state index is 5.49. The predicted octanol–water partition coefficient (Wildman–Crippen LogP) is 1.78. The summed E-state index contributed by atoms with van der Waals surface area (Å²) in [6, 6.07) is 1.18. The summed E-state index contributed by atoms with van der Waals surface area (Å²) in [6.45, 7) is 7.40. The molecule has 1 fully saturated rings. The van der Waals surface area contributed by atoms with Gasteiger partial charge in [0.2, 0.25) is 0 Å². The Morgan fingerprint density at radius 1 is 1.31 bits per heavy atom. The first-order valence-corrected chi connectivity index (χ1v) is 6.76. The minimum absolute atomic E-state index is 0.537. The van der Waals surface area contributed by atoms with Gasteiger partial charge in [-0.1, -0.05) is 26.2 Å². The molecule has 0 aromatic carbocycles. The predicted molar refractivity (Wildman–Crippen MR) is 68.8 cm³/mol. The number of hydrogen-bond donors (Lipinski definition) is 2. The normalized spacial score (nSPS) is 27.2. The molecule has 16 heavy (non-hydrogen) atoms. The molecule has 3 nitrogen and oxygen atoms in total. The first kappa shape index (κ1) is 13.9. The number of likely N-dealkylation sites (N-methyl/N-ethyl adjacent to an activating group) is 1. The van der Waals surface area contributed by atoms with Crippen LogP contribution in [0.4, 0.5) is 0 Å². The SMILES string of the molecule is CCCCCC(C)NCC1COCC1NC. The number of unbranched alkanes of at least 4 members (excludes halogenated alkanes) is 2. The molecule has 1 aliphatic heterocycles. The molecule has 1 saturated heterocycles. The van der Waals surface area contributed by atoms with Crippen molar-refractivity contribution >= 4 is 0 Å². The van der Waals surface area contributed by atoms with Crippen LogP contribution >= 0.6 is 0 Å². The van der Waals surface area contributed by atoms with Gasteiger partial charge in [-0.15, -0.1) is 0 Å². The van der Waals surface area contributed by atoms with Crippen LogP contribution in [0.1, 0.15) is 39.5 Å². The first-order chi connectivity index (χ1) is 7.77. The van der Waals surface area contributed by atoms with Crippen LogP contribution in [-0.4, -0.2) is 38.9 Å². The molecule has 3 unspecified atom stereocenters. The Hall–Kier alpha value is -0.120. The Morgan fingerprint density at radius 3 is 2.81 bits per heavy atom. The van der Waals surface area contributed by atoms with Gasteiger partial charge in [0.25, 0.3) is 0 Å². The second kappa shape index (κ2) is 8.04. The highest BCUT2D eigenvalue weighted by Gasteiger charge is 2.26. The molecule has 0 aromatic rings. The Labute approximate surface area is 100 Å². The molecule has 96 valence electrons. The van der Waals surface area contributed by atoms with E-state index >= 15 is 0 Å². The van der Waals surface area contributed by atoms with Gasteiger partial charge in [0.1, 0.15) is 0 Å². The lowest BCUT2D eigenvalue weighted by Gasteiger charge is -2.20. The zero-order valence-electron chi connectivity index (χ0n) is 11.1. The third kappa shape index (κ3) is 4.81. The summed E-state index contributed by atoms with van der Waals surface area (Å²) in [5, 5.41) is 6.95. The van der Waals surface area contributed by atoms with E-state index in [1.807, 2.05) is 7.05 Å². The molecule has 0 aromatic heterocycles. The fraction of sp³-hybridized carbons (Fsp3) is 1.00. The number of rotatable bonds is 8. The lowest BCUT2D eigenvalue weighted by molar-refractivity contribution is 0.182. The summed E-state index contributed by atoms with van der Waals surface area (Å²) in [4.78, 5) is 0.